The highest BCUT2D eigenvalue weighted by atomic mass is 32.2. The summed E-state index contributed by atoms with van der Waals surface area (Å²) in [5.74, 6) is 0. The van der Waals surface area contributed by atoms with E-state index in [1.165, 1.54) is 0 Å². The molecule has 0 saturated carbocycles. The maximum atomic E-state index is 12.5. The first-order valence-corrected chi connectivity index (χ1v) is 8.50. The van der Waals surface area contributed by atoms with Gasteiger partial charge in [-0.3, -0.25) is 4.68 Å². The summed E-state index contributed by atoms with van der Waals surface area (Å²) in [4.78, 5) is 0.193. The van der Waals surface area contributed by atoms with E-state index in [9.17, 15) is 13.5 Å². The summed E-state index contributed by atoms with van der Waals surface area (Å²) in [6, 6.07) is 0.0834. The molecule has 1 atom stereocenters. The van der Waals surface area contributed by atoms with Crippen molar-refractivity contribution >= 4 is 10.0 Å². The zero-order chi connectivity index (χ0) is 15.8. The number of rotatable bonds is 5. The molecule has 1 saturated heterocycles. The molecule has 1 aromatic heterocycles. The lowest BCUT2D eigenvalue weighted by molar-refractivity contribution is 0.0314. The molecule has 2 heterocycles. The predicted octanol–water partition coefficient (Wildman–Crippen LogP) is 0.511. The third-order valence-electron chi connectivity index (χ3n) is 3.69. The van der Waals surface area contributed by atoms with Crippen LogP contribution in [0.15, 0.2) is 4.90 Å². The Balaban J connectivity index is 2.24. The highest BCUT2D eigenvalue weighted by Crippen LogP contribution is 2.23. The van der Waals surface area contributed by atoms with Gasteiger partial charge in [0.25, 0.3) is 0 Å². The third kappa shape index (κ3) is 3.28. The van der Waals surface area contributed by atoms with E-state index in [4.69, 9.17) is 4.74 Å². The molecule has 7 nitrogen and oxygen atoms in total. The fourth-order valence-corrected chi connectivity index (χ4v) is 4.09. The summed E-state index contributed by atoms with van der Waals surface area (Å²) in [6.07, 6.45) is 0.429. The molecule has 0 amide bonds. The van der Waals surface area contributed by atoms with E-state index in [0.717, 1.165) is 0 Å². The fourth-order valence-electron chi connectivity index (χ4n) is 2.58. The number of aryl methyl sites for hydroxylation is 1. The summed E-state index contributed by atoms with van der Waals surface area (Å²) in [6.45, 7) is 7.85. The number of aliphatic hydroxyl groups is 1. The lowest BCUT2D eigenvalue weighted by Gasteiger charge is -2.20. The van der Waals surface area contributed by atoms with Crippen molar-refractivity contribution in [3.05, 3.63) is 11.4 Å². The van der Waals surface area contributed by atoms with Crippen molar-refractivity contribution in [2.45, 2.75) is 50.7 Å². The van der Waals surface area contributed by atoms with E-state index in [-0.39, 0.29) is 24.1 Å². The zero-order valence-corrected chi connectivity index (χ0v) is 13.7. The second kappa shape index (κ2) is 5.68. The molecular weight excluding hydrogens is 294 g/mol. The van der Waals surface area contributed by atoms with Gasteiger partial charge < -0.3 is 9.84 Å². The zero-order valence-electron chi connectivity index (χ0n) is 12.9. The second-order valence-electron chi connectivity index (χ2n) is 5.89. The van der Waals surface area contributed by atoms with Crippen LogP contribution in [0.2, 0.25) is 0 Å². The number of hydrogen-bond donors (Lipinski definition) is 2. The SMILES string of the molecule is Cc1nn(C(C)C)c(C)c1S(=O)(=O)NC[C@]1(O)CCOC1. The van der Waals surface area contributed by atoms with Crippen LogP contribution in [0.5, 0.6) is 0 Å². The average Bonchev–Trinajstić information content (AvgIpc) is 2.92. The summed E-state index contributed by atoms with van der Waals surface area (Å²) in [5.41, 5.74) is -0.0591. The molecule has 1 aromatic rings. The van der Waals surface area contributed by atoms with E-state index >= 15 is 0 Å². The van der Waals surface area contributed by atoms with Crippen LogP contribution in [0.25, 0.3) is 0 Å². The van der Waals surface area contributed by atoms with Crippen molar-refractivity contribution in [2.75, 3.05) is 19.8 Å². The molecule has 2 rings (SSSR count). The van der Waals surface area contributed by atoms with E-state index in [2.05, 4.69) is 9.82 Å². The lowest BCUT2D eigenvalue weighted by atomic mass is 10.1. The van der Waals surface area contributed by atoms with E-state index in [1.807, 2.05) is 13.8 Å². The molecule has 0 spiro atoms. The van der Waals surface area contributed by atoms with Crippen molar-refractivity contribution < 1.29 is 18.3 Å². The van der Waals surface area contributed by atoms with Crippen LogP contribution < -0.4 is 4.72 Å². The number of nitrogens with zero attached hydrogens (tertiary/aromatic N) is 2. The van der Waals surface area contributed by atoms with Gasteiger partial charge in [-0.15, -0.1) is 0 Å². The van der Waals surface area contributed by atoms with Crippen molar-refractivity contribution in [3.63, 3.8) is 0 Å². The Kier molecular flexibility index (Phi) is 4.44. The minimum Gasteiger partial charge on any atom is -0.386 e. The van der Waals surface area contributed by atoms with Gasteiger partial charge in [-0.05, 0) is 27.7 Å². The molecule has 0 aromatic carbocycles. The minimum atomic E-state index is -3.71. The minimum absolute atomic E-state index is 0.0545. The van der Waals surface area contributed by atoms with Gasteiger partial charge in [0, 0.05) is 25.6 Å². The Hall–Kier alpha value is -0.960. The summed E-state index contributed by atoms with van der Waals surface area (Å²) >= 11 is 0. The highest BCUT2D eigenvalue weighted by Gasteiger charge is 2.35. The predicted molar refractivity (Wildman–Crippen MR) is 77.7 cm³/mol. The first-order valence-electron chi connectivity index (χ1n) is 7.02. The van der Waals surface area contributed by atoms with Gasteiger partial charge >= 0.3 is 0 Å². The Labute approximate surface area is 125 Å². The molecule has 0 bridgehead atoms. The Morgan fingerprint density at radius 1 is 1.48 bits per heavy atom. The Bertz CT molecular complexity index is 616. The van der Waals surface area contributed by atoms with E-state index < -0.39 is 15.6 Å². The monoisotopic (exact) mass is 317 g/mol. The van der Waals surface area contributed by atoms with Crippen LogP contribution in [0.4, 0.5) is 0 Å². The Morgan fingerprint density at radius 2 is 2.14 bits per heavy atom. The van der Waals surface area contributed by atoms with Gasteiger partial charge in [0.1, 0.15) is 10.5 Å². The van der Waals surface area contributed by atoms with Gasteiger partial charge in [-0.25, -0.2) is 13.1 Å². The van der Waals surface area contributed by atoms with Gasteiger partial charge in [-0.2, -0.15) is 5.10 Å². The lowest BCUT2D eigenvalue weighted by Crippen LogP contribution is -2.43. The maximum Gasteiger partial charge on any atom is 0.244 e. The van der Waals surface area contributed by atoms with Gasteiger partial charge in [0.2, 0.25) is 10.0 Å². The number of ether oxygens (including phenoxy) is 1. The molecule has 21 heavy (non-hydrogen) atoms. The third-order valence-corrected chi connectivity index (χ3v) is 5.34. The average molecular weight is 317 g/mol. The molecule has 0 unspecified atom stereocenters. The Morgan fingerprint density at radius 3 is 2.62 bits per heavy atom. The van der Waals surface area contributed by atoms with Gasteiger partial charge in [-0.1, -0.05) is 0 Å². The molecule has 0 radical (unpaired) electrons. The van der Waals surface area contributed by atoms with E-state index in [0.29, 0.717) is 24.4 Å². The molecule has 1 aliphatic heterocycles. The van der Waals surface area contributed by atoms with Crippen LogP contribution in [-0.4, -0.2) is 48.7 Å². The van der Waals surface area contributed by atoms with Crippen molar-refractivity contribution in [1.82, 2.24) is 14.5 Å². The van der Waals surface area contributed by atoms with Crippen LogP contribution in [0.3, 0.4) is 0 Å². The van der Waals surface area contributed by atoms with Crippen molar-refractivity contribution in [1.29, 1.82) is 0 Å². The van der Waals surface area contributed by atoms with Gasteiger partial charge in [0.05, 0.1) is 18.0 Å². The normalized spacial score (nSPS) is 23.1. The van der Waals surface area contributed by atoms with Crippen LogP contribution >= 0.6 is 0 Å². The molecule has 2 N–H and O–H groups in total. The number of aromatic nitrogens is 2. The van der Waals surface area contributed by atoms with Crippen molar-refractivity contribution in [2.24, 2.45) is 0 Å². The van der Waals surface area contributed by atoms with Crippen LogP contribution in [0.1, 0.15) is 37.7 Å². The molecular formula is C13H23N3O4S. The van der Waals surface area contributed by atoms with Crippen molar-refractivity contribution in [3.8, 4) is 0 Å². The van der Waals surface area contributed by atoms with E-state index in [1.54, 1.807) is 18.5 Å². The number of nitrogens with one attached hydrogen (secondary N) is 1. The standard InChI is InChI=1S/C13H23N3O4S/c1-9(2)16-11(4)12(10(3)15-16)21(18,19)14-7-13(17)5-6-20-8-13/h9,14,17H,5-8H2,1-4H3/t13-/m1/s1. The first-order chi connectivity index (χ1) is 9.66. The maximum absolute atomic E-state index is 12.5. The topological polar surface area (TPSA) is 93.5 Å². The molecule has 1 fully saturated rings. The first kappa shape index (κ1) is 16.4. The van der Waals surface area contributed by atoms with Gasteiger partial charge in [0.15, 0.2) is 0 Å². The summed E-state index contributed by atoms with van der Waals surface area (Å²) in [7, 11) is -3.71. The fraction of sp³-hybridized carbons (Fsp3) is 0.769. The summed E-state index contributed by atoms with van der Waals surface area (Å²) in [5, 5.41) is 14.4. The quantitative estimate of drug-likeness (QED) is 0.825. The van der Waals surface area contributed by atoms with Crippen LogP contribution in [-0.2, 0) is 14.8 Å². The molecule has 0 aliphatic carbocycles. The molecule has 8 heteroatoms. The summed E-state index contributed by atoms with van der Waals surface area (Å²) < 4.78 is 34.3. The van der Waals surface area contributed by atoms with Crippen LogP contribution in [0, 0.1) is 13.8 Å². The largest absolute Gasteiger partial charge is 0.386 e. The molecule has 1 aliphatic rings. The highest BCUT2D eigenvalue weighted by molar-refractivity contribution is 7.89. The second-order valence-corrected chi connectivity index (χ2v) is 7.59. The number of sulfonamides is 1. The molecule has 120 valence electrons. The smallest absolute Gasteiger partial charge is 0.244 e. The number of hydrogen-bond acceptors (Lipinski definition) is 5.